The highest BCUT2D eigenvalue weighted by Crippen LogP contribution is 2.15. The molecule has 0 saturated carbocycles. The molecule has 0 radical (unpaired) electrons. The molecule has 0 aromatic heterocycles. The summed E-state index contributed by atoms with van der Waals surface area (Å²) in [4.78, 5) is 12.1. The van der Waals surface area contributed by atoms with Crippen molar-refractivity contribution in [2.45, 2.75) is 6.92 Å². The zero-order valence-corrected chi connectivity index (χ0v) is 15.4. The van der Waals surface area contributed by atoms with Crippen LogP contribution < -0.4 is 10.2 Å². The molecule has 6 nitrogen and oxygen atoms in total. The Hall–Kier alpha value is -1.79. The number of nitrogens with zero attached hydrogens (tertiary/aromatic N) is 4. The Morgan fingerprint density at radius 2 is 1.76 bits per heavy atom. The van der Waals surface area contributed by atoms with Gasteiger partial charge in [-0.2, -0.15) is 0 Å². The van der Waals surface area contributed by atoms with Crippen LogP contribution in [-0.2, 0) is 4.74 Å². The molecule has 1 aromatic carbocycles. The van der Waals surface area contributed by atoms with Crippen molar-refractivity contribution in [3.8, 4) is 0 Å². The first-order chi connectivity index (χ1) is 12.4. The van der Waals surface area contributed by atoms with Crippen LogP contribution in [0.2, 0.25) is 0 Å². The molecular formula is C19H31N5O. The number of hydrogen-bond donors (Lipinski definition) is 1. The number of benzene rings is 1. The Balaban J connectivity index is 1.49. The van der Waals surface area contributed by atoms with Crippen LogP contribution in [0.4, 0.5) is 5.69 Å². The first-order valence-corrected chi connectivity index (χ1v) is 9.50. The smallest absolute Gasteiger partial charge is 0.194 e. The molecule has 1 aromatic rings. The molecule has 6 heteroatoms. The molecule has 2 saturated heterocycles. The van der Waals surface area contributed by atoms with Crippen LogP contribution in [0.15, 0.2) is 35.3 Å². The van der Waals surface area contributed by atoms with Crippen LogP contribution in [0.1, 0.15) is 6.92 Å². The number of guanidine groups is 1. The third-order valence-corrected chi connectivity index (χ3v) is 4.82. The summed E-state index contributed by atoms with van der Waals surface area (Å²) in [6.07, 6.45) is 0. The van der Waals surface area contributed by atoms with Crippen LogP contribution >= 0.6 is 0 Å². The third kappa shape index (κ3) is 5.34. The third-order valence-electron chi connectivity index (χ3n) is 4.82. The number of ether oxygens (including phenoxy) is 1. The fourth-order valence-electron chi connectivity index (χ4n) is 3.36. The zero-order valence-electron chi connectivity index (χ0n) is 15.4. The molecule has 0 unspecified atom stereocenters. The van der Waals surface area contributed by atoms with Gasteiger partial charge in [-0.1, -0.05) is 18.2 Å². The number of anilines is 1. The summed E-state index contributed by atoms with van der Waals surface area (Å²) >= 11 is 0. The van der Waals surface area contributed by atoms with Gasteiger partial charge in [0.15, 0.2) is 5.96 Å². The molecule has 2 aliphatic rings. The van der Waals surface area contributed by atoms with Gasteiger partial charge in [0.25, 0.3) is 0 Å². The van der Waals surface area contributed by atoms with E-state index < -0.39 is 0 Å². The van der Waals surface area contributed by atoms with Crippen molar-refractivity contribution in [1.29, 1.82) is 0 Å². The molecular weight excluding hydrogens is 314 g/mol. The molecule has 2 aliphatic heterocycles. The van der Waals surface area contributed by atoms with Crippen molar-refractivity contribution >= 4 is 11.6 Å². The second-order valence-corrected chi connectivity index (χ2v) is 6.50. The lowest BCUT2D eigenvalue weighted by atomic mass is 10.2. The normalized spacial score (nSPS) is 20.0. The summed E-state index contributed by atoms with van der Waals surface area (Å²) in [6, 6.07) is 10.7. The first-order valence-electron chi connectivity index (χ1n) is 9.50. The molecule has 138 valence electrons. The van der Waals surface area contributed by atoms with E-state index in [1.807, 2.05) is 0 Å². The lowest BCUT2D eigenvalue weighted by Crippen LogP contribution is -2.52. The summed E-state index contributed by atoms with van der Waals surface area (Å²) in [7, 11) is 0. The Morgan fingerprint density at radius 1 is 1.04 bits per heavy atom. The van der Waals surface area contributed by atoms with Gasteiger partial charge in [-0.25, -0.2) is 0 Å². The fourth-order valence-corrected chi connectivity index (χ4v) is 3.36. The summed E-state index contributed by atoms with van der Waals surface area (Å²) < 4.78 is 5.40. The molecule has 2 heterocycles. The Bertz CT molecular complexity index is 522. The number of rotatable bonds is 5. The predicted octanol–water partition coefficient (Wildman–Crippen LogP) is 1.11. The van der Waals surface area contributed by atoms with E-state index in [9.17, 15) is 0 Å². The van der Waals surface area contributed by atoms with Crippen molar-refractivity contribution in [2.24, 2.45) is 4.99 Å². The number of aliphatic imine (C=N–C) groups is 1. The molecule has 1 N–H and O–H groups in total. The lowest BCUT2D eigenvalue weighted by molar-refractivity contribution is 0.0394. The SMILES string of the molecule is CCNC(=NCCN1CCOCC1)N1CCN(c2ccccc2)CC1. The Kier molecular flexibility index (Phi) is 6.94. The minimum absolute atomic E-state index is 0.848. The predicted molar refractivity (Wildman–Crippen MR) is 103 cm³/mol. The van der Waals surface area contributed by atoms with E-state index in [0.29, 0.717) is 0 Å². The average Bonchev–Trinajstić information content (AvgIpc) is 2.69. The number of hydrogen-bond acceptors (Lipinski definition) is 4. The monoisotopic (exact) mass is 345 g/mol. The highest BCUT2D eigenvalue weighted by atomic mass is 16.5. The molecule has 3 rings (SSSR count). The average molecular weight is 345 g/mol. The molecule has 0 spiro atoms. The largest absolute Gasteiger partial charge is 0.379 e. The quantitative estimate of drug-likeness (QED) is 0.640. The number of piperazine rings is 1. The minimum atomic E-state index is 0.848. The van der Waals surface area contributed by atoms with Gasteiger partial charge in [0.05, 0.1) is 19.8 Å². The van der Waals surface area contributed by atoms with E-state index in [1.165, 1.54) is 5.69 Å². The summed E-state index contributed by atoms with van der Waals surface area (Å²) in [5, 5.41) is 3.46. The Labute approximate surface area is 151 Å². The number of morpholine rings is 1. The minimum Gasteiger partial charge on any atom is -0.379 e. The van der Waals surface area contributed by atoms with Gasteiger partial charge in [-0.05, 0) is 19.1 Å². The van der Waals surface area contributed by atoms with E-state index in [2.05, 4.69) is 57.3 Å². The van der Waals surface area contributed by atoms with E-state index in [4.69, 9.17) is 9.73 Å². The maximum atomic E-state index is 5.40. The van der Waals surface area contributed by atoms with Gasteiger partial charge in [0.2, 0.25) is 0 Å². The van der Waals surface area contributed by atoms with Gasteiger partial charge >= 0.3 is 0 Å². The highest BCUT2D eigenvalue weighted by molar-refractivity contribution is 5.80. The number of para-hydroxylation sites is 1. The second kappa shape index (κ2) is 9.63. The summed E-state index contributed by atoms with van der Waals surface area (Å²) in [5.74, 6) is 1.06. The van der Waals surface area contributed by atoms with Gasteiger partial charge in [0, 0.05) is 58.0 Å². The van der Waals surface area contributed by atoms with Crippen LogP contribution in [0.3, 0.4) is 0 Å². The molecule has 2 fully saturated rings. The number of nitrogens with one attached hydrogen (secondary N) is 1. The van der Waals surface area contributed by atoms with Crippen molar-refractivity contribution in [3.63, 3.8) is 0 Å². The van der Waals surface area contributed by atoms with E-state index in [0.717, 1.165) is 78.1 Å². The van der Waals surface area contributed by atoms with Crippen molar-refractivity contribution < 1.29 is 4.74 Å². The molecule has 0 bridgehead atoms. The molecule has 0 atom stereocenters. The van der Waals surface area contributed by atoms with Crippen molar-refractivity contribution in [3.05, 3.63) is 30.3 Å². The maximum Gasteiger partial charge on any atom is 0.194 e. The van der Waals surface area contributed by atoms with Gasteiger partial charge < -0.3 is 19.9 Å². The topological polar surface area (TPSA) is 43.3 Å². The van der Waals surface area contributed by atoms with Crippen LogP contribution in [-0.4, -0.2) is 87.9 Å². The van der Waals surface area contributed by atoms with Crippen molar-refractivity contribution in [2.75, 3.05) is 77.0 Å². The van der Waals surface area contributed by atoms with Gasteiger partial charge in [0.1, 0.15) is 0 Å². The molecule has 25 heavy (non-hydrogen) atoms. The van der Waals surface area contributed by atoms with E-state index in [1.54, 1.807) is 0 Å². The first kappa shape index (κ1) is 18.0. The lowest BCUT2D eigenvalue weighted by Gasteiger charge is -2.37. The van der Waals surface area contributed by atoms with Gasteiger partial charge in [-0.15, -0.1) is 0 Å². The standard InChI is InChI=1S/C19H31N5O/c1-2-20-19(21-8-9-22-14-16-25-17-15-22)24-12-10-23(11-13-24)18-6-4-3-5-7-18/h3-7H,2,8-17H2,1H3,(H,20,21). The van der Waals surface area contributed by atoms with E-state index >= 15 is 0 Å². The van der Waals surface area contributed by atoms with Gasteiger partial charge in [-0.3, -0.25) is 9.89 Å². The van der Waals surface area contributed by atoms with Crippen LogP contribution in [0.5, 0.6) is 0 Å². The molecule has 0 aliphatic carbocycles. The summed E-state index contributed by atoms with van der Waals surface area (Å²) in [5.41, 5.74) is 1.32. The second-order valence-electron chi connectivity index (χ2n) is 6.50. The Morgan fingerprint density at radius 3 is 2.44 bits per heavy atom. The maximum absolute atomic E-state index is 5.40. The van der Waals surface area contributed by atoms with Crippen LogP contribution in [0, 0.1) is 0 Å². The van der Waals surface area contributed by atoms with Crippen LogP contribution in [0.25, 0.3) is 0 Å². The summed E-state index contributed by atoms with van der Waals surface area (Å²) in [6.45, 7) is 12.8. The molecule has 0 amide bonds. The van der Waals surface area contributed by atoms with E-state index in [-0.39, 0.29) is 0 Å². The van der Waals surface area contributed by atoms with Crippen molar-refractivity contribution in [1.82, 2.24) is 15.1 Å². The highest BCUT2D eigenvalue weighted by Gasteiger charge is 2.19. The fraction of sp³-hybridized carbons (Fsp3) is 0.632. The zero-order chi connectivity index (χ0) is 17.3.